The number of carbonyl (C=O) groups is 1. The molecule has 0 N–H and O–H groups in total. The molecule has 0 spiro atoms. The van der Waals surface area contributed by atoms with Gasteiger partial charge in [-0.25, -0.2) is 0 Å². The van der Waals surface area contributed by atoms with Crippen LogP contribution in [0.5, 0.6) is 0 Å². The number of benzene rings is 1. The minimum Gasteiger partial charge on any atom is -0.459 e. The van der Waals surface area contributed by atoms with Crippen LogP contribution in [0.3, 0.4) is 0 Å². The fraction of sp³-hybridized carbons (Fsp3) is 0.391. The van der Waals surface area contributed by atoms with Crippen molar-refractivity contribution >= 4 is 11.8 Å². The van der Waals surface area contributed by atoms with Gasteiger partial charge in [0, 0.05) is 38.9 Å². The predicted molar refractivity (Wildman–Crippen MR) is 115 cm³/mol. The first kappa shape index (κ1) is 21.6. The van der Waals surface area contributed by atoms with E-state index < -0.39 is 0 Å². The van der Waals surface area contributed by atoms with Crippen molar-refractivity contribution in [3.05, 3.63) is 60.1 Å². The second-order valence-corrected chi connectivity index (χ2v) is 6.90. The van der Waals surface area contributed by atoms with Crippen LogP contribution >= 0.6 is 0 Å². The lowest BCUT2D eigenvalue weighted by atomic mass is 10.1. The van der Waals surface area contributed by atoms with Crippen molar-refractivity contribution in [1.82, 2.24) is 10.1 Å². The van der Waals surface area contributed by atoms with E-state index in [-0.39, 0.29) is 5.91 Å². The van der Waals surface area contributed by atoms with Crippen LogP contribution in [0.15, 0.2) is 57.7 Å². The highest BCUT2D eigenvalue weighted by molar-refractivity contribution is 5.91. The van der Waals surface area contributed by atoms with Crippen molar-refractivity contribution in [3.8, 4) is 11.3 Å². The first-order valence-corrected chi connectivity index (χ1v) is 10.3. The summed E-state index contributed by atoms with van der Waals surface area (Å²) >= 11 is 0. The topological polar surface area (TPSA) is 72.0 Å². The Morgan fingerprint density at radius 2 is 1.87 bits per heavy atom. The van der Waals surface area contributed by atoms with Crippen molar-refractivity contribution < 1.29 is 18.5 Å². The minimum absolute atomic E-state index is 0.165. The number of ether oxygens (including phenoxy) is 1. The van der Waals surface area contributed by atoms with E-state index in [1.807, 2.05) is 30.3 Å². The average Bonchev–Trinajstić information content (AvgIpc) is 3.45. The third kappa shape index (κ3) is 4.91. The van der Waals surface area contributed by atoms with Crippen molar-refractivity contribution in [2.45, 2.75) is 26.8 Å². The van der Waals surface area contributed by atoms with Crippen molar-refractivity contribution in [3.63, 3.8) is 0 Å². The molecule has 0 bridgehead atoms. The van der Waals surface area contributed by atoms with Crippen LogP contribution in [0, 0.1) is 0 Å². The van der Waals surface area contributed by atoms with Crippen LogP contribution in [0.1, 0.15) is 36.4 Å². The van der Waals surface area contributed by atoms with E-state index in [4.69, 9.17) is 13.7 Å². The Balaban J connectivity index is 1.99. The summed E-state index contributed by atoms with van der Waals surface area (Å²) in [6.07, 6.45) is 2.23. The fourth-order valence-electron chi connectivity index (χ4n) is 3.42. The number of furan rings is 1. The molecule has 7 nitrogen and oxygen atoms in total. The molecule has 160 valence electrons. The van der Waals surface area contributed by atoms with Crippen LogP contribution in [0.2, 0.25) is 0 Å². The summed E-state index contributed by atoms with van der Waals surface area (Å²) in [5.41, 5.74) is 2.60. The lowest BCUT2D eigenvalue weighted by Crippen LogP contribution is -2.33. The van der Waals surface area contributed by atoms with Crippen LogP contribution in [-0.4, -0.2) is 49.3 Å². The molecular formula is C23H29N3O4. The highest BCUT2D eigenvalue weighted by atomic mass is 16.5. The number of amides is 1. The standard InChI is InChI=1S/C23H29N3O4/c1-4-25(5-2)23-19(21(24-30-23)18-11-7-6-8-12-18)17-26(14-10-15-28-3)22(27)20-13-9-16-29-20/h6-9,11-13,16H,4-5,10,14-15,17H2,1-3H3. The van der Waals surface area contributed by atoms with E-state index in [2.05, 4.69) is 23.9 Å². The zero-order chi connectivity index (χ0) is 21.3. The molecule has 0 aliphatic carbocycles. The Morgan fingerprint density at radius 1 is 1.10 bits per heavy atom. The van der Waals surface area contributed by atoms with Gasteiger partial charge in [0.05, 0.1) is 18.4 Å². The molecule has 1 aromatic carbocycles. The Labute approximate surface area is 177 Å². The Hall–Kier alpha value is -3.06. The van der Waals surface area contributed by atoms with Gasteiger partial charge in [-0.3, -0.25) is 4.79 Å². The maximum Gasteiger partial charge on any atom is 0.289 e. The van der Waals surface area contributed by atoms with Gasteiger partial charge in [0.25, 0.3) is 5.91 Å². The molecule has 2 aromatic heterocycles. The molecule has 7 heteroatoms. The molecule has 30 heavy (non-hydrogen) atoms. The van der Waals surface area contributed by atoms with Crippen molar-refractivity contribution in [1.29, 1.82) is 0 Å². The van der Waals surface area contributed by atoms with Gasteiger partial charge in [0.1, 0.15) is 5.69 Å². The number of hydrogen-bond acceptors (Lipinski definition) is 6. The molecule has 0 unspecified atom stereocenters. The van der Waals surface area contributed by atoms with Crippen molar-refractivity contribution in [2.24, 2.45) is 0 Å². The highest BCUT2D eigenvalue weighted by Gasteiger charge is 2.26. The summed E-state index contributed by atoms with van der Waals surface area (Å²) in [7, 11) is 1.66. The molecule has 0 saturated heterocycles. The summed E-state index contributed by atoms with van der Waals surface area (Å²) in [5, 5.41) is 4.37. The molecule has 0 radical (unpaired) electrons. The molecular weight excluding hydrogens is 382 g/mol. The molecule has 0 atom stereocenters. The minimum atomic E-state index is -0.165. The Bertz CT molecular complexity index is 902. The maximum absolute atomic E-state index is 13.1. The van der Waals surface area contributed by atoms with Gasteiger partial charge in [-0.15, -0.1) is 0 Å². The summed E-state index contributed by atoms with van der Waals surface area (Å²) in [5.74, 6) is 0.846. The summed E-state index contributed by atoms with van der Waals surface area (Å²) < 4.78 is 16.3. The van der Waals surface area contributed by atoms with E-state index in [0.29, 0.717) is 31.3 Å². The number of methoxy groups -OCH3 is 1. The number of rotatable bonds is 11. The van der Waals surface area contributed by atoms with Gasteiger partial charge in [0.2, 0.25) is 5.88 Å². The van der Waals surface area contributed by atoms with Crippen LogP contribution in [-0.2, 0) is 11.3 Å². The lowest BCUT2D eigenvalue weighted by Gasteiger charge is -2.24. The first-order valence-electron chi connectivity index (χ1n) is 10.3. The Morgan fingerprint density at radius 3 is 2.50 bits per heavy atom. The number of hydrogen-bond donors (Lipinski definition) is 0. The molecule has 1 amide bonds. The van der Waals surface area contributed by atoms with Gasteiger partial charge < -0.3 is 23.5 Å². The molecule has 0 aliphatic rings. The number of carbonyl (C=O) groups excluding carboxylic acids is 1. The van der Waals surface area contributed by atoms with Crippen LogP contribution in [0.4, 0.5) is 5.88 Å². The third-order valence-corrected chi connectivity index (χ3v) is 5.01. The van der Waals surface area contributed by atoms with Crippen LogP contribution < -0.4 is 4.90 Å². The van der Waals surface area contributed by atoms with E-state index in [1.54, 1.807) is 24.1 Å². The summed E-state index contributed by atoms with van der Waals surface area (Å²) in [4.78, 5) is 17.0. The number of nitrogens with zero attached hydrogens (tertiary/aromatic N) is 3. The largest absolute Gasteiger partial charge is 0.459 e. The molecule has 3 rings (SSSR count). The van der Waals surface area contributed by atoms with Gasteiger partial charge in [-0.1, -0.05) is 35.5 Å². The molecule has 0 fully saturated rings. The SMILES string of the molecule is CCN(CC)c1onc(-c2ccccc2)c1CN(CCCOC)C(=O)c1ccco1. The molecule has 3 aromatic rings. The average molecular weight is 412 g/mol. The summed E-state index contributed by atoms with van der Waals surface area (Å²) in [6.45, 7) is 7.17. The highest BCUT2D eigenvalue weighted by Crippen LogP contribution is 2.32. The smallest absolute Gasteiger partial charge is 0.289 e. The zero-order valence-corrected chi connectivity index (χ0v) is 17.8. The quantitative estimate of drug-likeness (QED) is 0.434. The number of anilines is 1. The summed E-state index contributed by atoms with van der Waals surface area (Å²) in [6, 6.07) is 13.3. The second-order valence-electron chi connectivity index (χ2n) is 6.90. The molecule has 2 heterocycles. The third-order valence-electron chi connectivity index (χ3n) is 5.01. The van der Waals surface area contributed by atoms with Gasteiger partial charge in [-0.05, 0) is 32.4 Å². The fourth-order valence-corrected chi connectivity index (χ4v) is 3.42. The van der Waals surface area contributed by atoms with Gasteiger partial charge in [0.15, 0.2) is 5.76 Å². The van der Waals surface area contributed by atoms with E-state index in [1.165, 1.54) is 6.26 Å². The van der Waals surface area contributed by atoms with Crippen molar-refractivity contribution in [2.75, 3.05) is 38.3 Å². The first-order chi connectivity index (χ1) is 14.7. The lowest BCUT2D eigenvalue weighted by molar-refractivity contribution is 0.0692. The van der Waals surface area contributed by atoms with E-state index in [0.717, 1.165) is 36.3 Å². The van der Waals surface area contributed by atoms with Gasteiger partial charge >= 0.3 is 0 Å². The molecule has 0 aliphatic heterocycles. The second kappa shape index (κ2) is 10.6. The van der Waals surface area contributed by atoms with Crippen LogP contribution in [0.25, 0.3) is 11.3 Å². The maximum atomic E-state index is 13.1. The normalized spacial score (nSPS) is 10.9. The number of aromatic nitrogens is 1. The zero-order valence-electron chi connectivity index (χ0n) is 17.8. The monoisotopic (exact) mass is 411 g/mol. The predicted octanol–water partition coefficient (Wildman–Crippen LogP) is 4.46. The van der Waals surface area contributed by atoms with E-state index >= 15 is 0 Å². The molecule has 0 saturated carbocycles. The Kier molecular flexibility index (Phi) is 7.68. The van der Waals surface area contributed by atoms with E-state index in [9.17, 15) is 4.79 Å². The van der Waals surface area contributed by atoms with Gasteiger partial charge in [-0.2, -0.15) is 0 Å².